The van der Waals surface area contributed by atoms with E-state index >= 15 is 0 Å². The molecule has 1 heterocycles. The highest BCUT2D eigenvalue weighted by atomic mass is 32.2. The Morgan fingerprint density at radius 3 is 2.30 bits per heavy atom. The fourth-order valence-electron chi connectivity index (χ4n) is 2.93. The third-order valence-corrected chi connectivity index (χ3v) is 5.25. The zero-order valence-corrected chi connectivity index (χ0v) is 18.1. The van der Waals surface area contributed by atoms with Crippen LogP contribution in [0.1, 0.15) is 47.7 Å². The molecule has 0 unspecified atom stereocenters. The number of rotatable bonds is 6. The zero-order valence-electron chi connectivity index (χ0n) is 17.2. The van der Waals surface area contributed by atoms with Gasteiger partial charge in [0.05, 0.1) is 11.3 Å². The van der Waals surface area contributed by atoms with Crippen molar-refractivity contribution in [2.45, 2.75) is 50.7 Å². The first kappa shape index (κ1) is 22.2. The number of benzene rings is 2. The number of nitrogens with zero attached hydrogens (tertiary/aromatic N) is 2. The summed E-state index contributed by atoms with van der Waals surface area (Å²) in [6.45, 7) is 8.03. The van der Waals surface area contributed by atoms with Crippen molar-refractivity contribution in [2.75, 3.05) is 0 Å². The first-order valence-electron chi connectivity index (χ1n) is 9.54. The number of ether oxygens (including phenoxy) is 1. The van der Waals surface area contributed by atoms with Crippen LogP contribution >= 0.6 is 11.8 Å². The lowest BCUT2D eigenvalue weighted by molar-refractivity contribution is -0.137. The molecular weight excluding hydrogens is 409 g/mol. The molecule has 0 radical (unpaired) electrons. The Morgan fingerprint density at radius 1 is 0.967 bits per heavy atom. The lowest BCUT2D eigenvalue weighted by atomic mass is 10.1. The van der Waals surface area contributed by atoms with Gasteiger partial charge in [-0.1, -0.05) is 49.9 Å². The average molecular weight is 433 g/mol. The molecule has 3 nitrogen and oxygen atoms in total. The number of hydrogen-bond acceptors (Lipinski definition) is 4. The van der Waals surface area contributed by atoms with Gasteiger partial charge in [-0.25, -0.2) is 4.98 Å². The van der Waals surface area contributed by atoms with Gasteiger partial charge in [0, 0.05) is 11.8 Å². The topological polar surface area (TPSA) is 35.0 Å². The molecular formula is C23H23F3N2OS. The molecule has 3 aromatic rings. The van der Waals surface area contributed by atoms with Gasteiger partial charge >= 0.3 is 6.18 Å². The van der Waals surface area contributed by atoms with Crippen molar-refractivity contribution in [1.82, 2.24) is 9.97 Å². The first-order chi connectivity index (χ1) is 14.1. The molecule has 0 spiro atoms. The highest BCUT2D eigenvalue weighted by Crippen LogP contribution is 2.32. The molecule has 0 saturated carbocycles. The van der Waals surface area contributed by atoms with Crippen LogP contribution in [0.4, 0.5) is 13.2 Å². The molecule has 0 saturated heterocycles. The number of thioether (sulfide) groups is 1. The second kappa shape index (κ2) is 9.08. The van der Waals surface area contributed by atoms with Crippen LogP contribution in [0.5, 0.6) is 11.6 Å². The lowest BCUT2D eigenvalue weighted by Gasteiger charge is -2.12. The van der Waals surface area contributed by atoms with Gasteiger partial charge in [0.1, 0.15) is 5.75 Å². The fraction of sp³-hybridized carbons (Fsp3) is 0.304. The summed E-state index contributed by atoms with van der Waals surface area (Å²) >= 11 is 1.29. The molecule has 0 amide bonds. The summed E-state index contributed by atoms with van der Waals surface area (Å²) in [6, 6.07) is 13.0. The Labute approximate surface area is 178 Å². The summed E-state index contributed by atoms with van der Waals surface area (Å²) in [5, 5.41) is 0.470. The normalized spacial score (nSPS) is 11.7. The van der Waals surface area contributed by atoms with Crippen molar-refractivity contribution in [3.8, 4) is 11.6 Å². The summed E-state index contributed by atoms with van der Waals surface area (Å²) in [6.07, 6.45) is -4.36. The van der Waals surface area contributed by atoms with Crippen LogP contribution in [-0.2, 0) is 11.9 Å². The van der Waals surface area contributed by atoms with Crippen molar-refractivity contribution < 1.29 is 17.9 Å². The minimum atomic E-state index is -4.36. The highest BCUT2D eigenvalue weighted by molar-refractivity contribution is 7.98. The Hall–Kier alpha value is -2.54. The second-order valence-electron chi connectivity index (χ2n) is 7.48. The Balaban J connectivity index is 1.82. The van der Waals surface area contributed by atoms with E-state index < -0.39 is 11.7 Å². The third-order valence-electron chi connectivity index (χ3n) is 4.33. The van der Waals surface area contributed by atoms with Crippen molar-refractivity contribution in [1.29, 1.82) is 0 Å². The van der Waals surface area contributed by atoms with Gasteiger partial charge in [0.15, 0.2) is 5.16 Å². The molecule has 158 valence electrons. The van der Waals surface area contributed by atoms with Crippen LogP contribution in [0.15, 0.2) is 53.7 Å². The number of hydrogen-bond donors (Lipinski definition) is 0. The standard InChI is InChI=1S/C23H23F3N2OS/c1-14(2)20-12-21(29-19-9-15(3)8-16(4)10-19)28-22(27-20)30-13-17-6-5-7-18(11-17)23(24,25)26/h5-12,14H,13H2,1-4H3. The average Bonchev–Trinajstić information content (AvgIpc) is 2.65. The summed E-state index contributed by atoms with van der Waals surface area (Å²) in [7, 11) is 0. The van der Waals surface area contributed by atoms with Crippen LogP contribution in [0.3, 0.4) is 0 Å². The molecule has 0 atom stereocenters. The summed E-state index contributed by atoms with van der Waals surface area (Å²) in [5.74, 6) is 1.59. The van der Waals surface area contributed by atoms with E-state index in [-0.39, 0.29) is 5.92 Å². The van der Waals surface area contributed by atoms with Crippen LogP contribution in [0.2, 0.25) is 0 Å². The molecule has 1 aromatic heterocycles. The van der Waals surface area contributed by atoms with E-state index in [2.05, 4.69) is 16.0 Å². The monoisotopic (exact) mass is 432 g/mol. The van der Waals surface area contributed by atoms with E-state index in [0.717, 1.165) is 29.0 Å². The minimum absolute atomic E-state index is 0.155. The van der Waals surface area contributed by atoms with Crippen LogP contribution in [0.25, 0.3) is 0 Å². The third kappa shape index (κ3) is 5.98. The first-order valence-corrected chi connectivity index (χ1v) is 10.5. The minimum Gasteiger partial charge on any atom is -0.439 e. The van der Waals surface area contributed by atoms with Gasteiger partial charge in [-0.15, -0.1) is 0 Å². The van der Waals surface area contributed by atoms with E-state index in [1.54, 1.807) is 12.1 Å². The van der Waals surface area contributed by atoms with Crippen LogP contribution in [-0.4, -0.2) is 9.97 Å². The van der Waals surface area contributed by atoms with Gasteiger partial charge in [-0.05, 0) is 54.7 Å². The van der Waals surface area contributed by atoms with E-state index in [1.165, 1.54) is 17.8 Å². The quantitative estimate of drug-likeness (QED) is 0.302. The van der Waals surface area contributed by atoms with Gasteiger partial charge in [-0.3, -0.25) is 0 Å². The van der Waals surface area contributed by atoms with Crippen molar-refractivity contribution in [3.05, 3.63) is 76.5 Å². The molecule has 0 fully saturated rings. The summed E-state index contributed by atoms with van der Waals surface area (Å²) < 4.78 is 44.8. The predicted molar refractivity (Wildman–Crippen MR) is 113 cm³/mol. The predicted octanol–water partition coefficient (Wildman–Crippen LogP) is 7.32. The SMILES string of the molecule is Cc1cc(C)cc(Oc2cc(C(C)C)nc(SCc3cccc(C(F)(F)F)c3)n2)c1. The van der Waals surface area contributed by atoms with Crippen LogP contribution in [0, 0.1) is 13.8 Å². The zero-order chi connectivity index (χ0) is 21.9. The van der Waals surface area contributed by atoms with E-state index in [1.807, 2.05) is 39.8 Å². The fourth-order valence-corrected chi connectivity index (χ4v) is 3.73. The molecule has 2 aromatic carbocycles. The van der Waals surface area contributed by atoms with Crippen molar-refractivity contribution in [2.24, 2.45) is 0 Å². The number of aryl methyl sites for hydroxylation is 2. The largest absolute Gasteiger partial charge is 0.439 e. The van der Waals surface area contributed by atoms with Gasteiger partial charge in [0.25, 0.3) is 0 Å². The summed E-state index contributed by atoms with van der Waals surface area (Å²) in [4.78, 5) is 9.01. The van der Waals surface area contributed by atoms with E-state index in [4.69, 9.17) is 4.74 Å². The van der Waals surface area contributed by atoms with Crippen LogP contribution < -0.4 is 4.74 Å². The van der Waals surface area contributed by atoms with E-state index in [0.29, 0.717) is 28.1 Å². The molecule has 0 aliphatic rings. The molecule has 30 heavy (non-hydrogen) atoms. The second-order valence-corrected chi connectivity index (χ2v) is 8.42. The molecule has 0 N–H and O–H groups in total. The molecule has 7 heteroatoms. The Morgan fingerprint density at radius 2 is 1.67 bits per heavy atom. The Kier molecular flexibility index (Phi) is 6.71. The Bertz CT molecular complexity index is 1010. The van der Waals surface area contributed by atoms with Crippen molar-refractivity contribution in [3.63, 3.8) is 0 Å². The molecule has 3 rings (SSSR count). The molecule has 0 aliphatic heterocycles. The summed E-state index contributed by atoms with van der Waals surface area (Å²) in [5.41, 5.74) is 2.89. The maximum atomic E-state index is 12.9. The van der Waals surface area contributed by atoms with Gasteiger partial charge in [0.2, 0.25) is 5.88 Å². The lowest BCUT2D eigenvalue weighted by Crippen LogP contribution is -2.05. The van der Waals surface area contributed by atoms with Crippen molar-refractivity contribution >= 4 is 11.8 Å². The maximum Gasteiger partial charge on any atom is 0.416 e. The van der Waals surface area contributed by atoms with Gasteiger partial charge in [-0.2, -0.15) is 18.2 Å². The van der Waals surface area contributed by atoms with E-state index in [9.17, 15) is 13.2 Å². The smallest absolute Gasteiger partial charge is 0.416 e. The number of aromatic nitrogens is 2. The maximum absolute atomic E-state index is 12.9. The molecule has 0 aliphatic carbocycles. The van der Waals surface area contributed by atoms with Gasteiger partial charge < -0.3 is 4.74 Å². The molecule has 0 bridgehead atoms. The number of alkyl halides is 3. The number of halogens is 3. The highest BCUT2D eigenvalue weighted by Gasteiger charge is 2.30.